The van der Waals surface area contributed by atoms with Gasteiger partial charge in [0.1, 0.15) is 0 Å². The molecule has 0 amide bonds. The highest BCUT2D eigenvalue weighted by atomic mass is 16.4. The van der Waals surface area contributed by atoms with Crippen LogP contribution in [0.15, 0.2) is 11.6 Å². The van der Waals surface area contributed by atoms with Gasteiger partial charge in [0.15, 0.2) is 0 Å². The van der Waals surface area contributed by atoms with Crippen LogP contribution in [0.3, 0.4) is 0 Å². The molecule has 6 nitrogen and oxygen atoms in total. The highest BCUT2D eigenvalue weighted by Gasteiger charge is 2.13. The van der Waals surface area contributed by atoms with Crippen LogP contribution >= 0.6 is 0 Å². The van der Waals surface area contributed by atoms with Crippen molar-refractivity contribution in [1.29, 1.82) is 0 Å². The van der Waals surface area contributed by atoms with Crippen LogP contribution in [0, 0.1) is 0 Å². The molecule has 0 rings (SSSR count). The molecule has 0 aliphatic heterocycles. The summed E-state index contributed by atoms with van der Waals surface area (Å²) in [6.07, 6.45) is -1.10. The van der Waals surface area contributed by atoms with E-state index in [1.165, 1.54) is 6.08 Å². The first-order chi connectivity index (χ1) is 7.01. The molecule has 0 aromatic heterocycles. The second kappa shape index (κ2) is 7.36. The van der Waals surface area contributed by atoms with Gasteiger partial charge in [-0.15, -0.1) is 0 Å². The molecule has 2 unspecified atom stereocenters. The van der Waals surface area contributed by atoms with E-state index >= 15 is 0 Å². The summed E-state index contributed by atoms with van der Waals surface area (Å²) in [6.45, 7) is -0.973. The Bertz CT molecular complexity index is 225. The first kappa shape index (κ1) is 14.1. The quantitative estimate of drug-likeness (QED) is 0.333. The van der Waals surface area contributed by atoms with Crippen LogP contribution in [0.5, 0.6) is 0 Å². The minimum Gasteiger partial charge on any atom is -0.478 e. The zero-order valence-electron chi connectivity index (χ0n) is 8.20. The van der Waals surface area contributed by atoms with Gasteiger partial charge in [0.05, 0.1) is 25.4 Å². The monoisotopic (exact) mass is 220 g/mol. The van der Waals surface area contributed by atoms with Gasteiger partial charge in [-0.25, -0.2) is 4.79 Å². The smallest absolute Gasteiger partial charge is 0.331 e. The summed E-state index contributed by atoms with van der Waals surface area (Å²) in [4.78, 5) is 10.6. The van der Waals surface area contributed by atoms with Crippen molar-refractivity contribution in [3.05, 3.63) is 11.6 Å². The topological polar surface area (TPSA) is 118 Å². The highest BCUT2D eigenvalue weighted by molar-refractivity contribution is 5.86. The Morgan fingerprint density at radius 1 is 1.13 bits per heavy atom. The van der Waals surface area contributed by atoms with E-state index in [1.54, 1.807) is 0 Å². The second-order valence-corrected chi connectivity index (χ2v) is 3.15. The average Bonchev–Trinajstić information content (AvgIpc) is 2.22. The predicted octanol–water partition coefficient (Wildman–Crippen LogP) is -1.52. The van der Waals surface area contributed by atoms with Gasteiger partial charge in [0.2, 0.25) is 0 Å². The third-order valence-electron chi connectivity index (χ3n) is 1.79. The van der Waals surface area contributed by atoms with E-state index in [-0.39, 0.29) is 18.4 Å². The van der Waals surface area contributed by atoms with E-state index in [4.69, 9.17) is 25.5 Å². The summed E-state index contributed by atoms with van der Waals surface area (Å²) >= 11 is 0. The molecule has 0 fully saturated rings. The number of aliphatic carboxylic acids is 1. The second-order valence-electron chi connectivity index (χ2n) is 3.15. The molecule has 0 saturated carbocycles. The van der Waals surface area contributed by atoms with Crippen molar-refractivity contribution in [3.63, 3.8) is 0 Å². The first-order valence-electron chi connectivity index (χ1n) is 4.51. The third kappa shape index (κ3) is 6.19. The summed E-state index contributed by atoms with van der Waals surface area (Å²) in [5.74, 6) is -1.22. The van der Waals surface area contributed by atoms with Crippen molar-refractivity contribution < 1.29 is 30.3 Å². The van der Waals surface area contributed by atoms with Gasteiger partial charge < -0.3 is 25.5 Å². The van der Waals surface area contributed by atoms with Gasteiger partial charge >= 0.3 is 5.97 Å². The van der Waals surface area contributed by atoms with Crippen molar-refractivity contribution >= 4 is 5.97 Å². The van der Waals surface area contributed by atoms with Crippen molar-refractivity contribution in [2.45, 2.75) is 25.0 Å². The third-order valence-corrected chi connectivity index (χ3v) is 1.79. The maximum Gasteiger partial charge on any atom is 0.331 e. The van der Waals surface area contributed by atoms with Gasteiger partial charge in [-0.3, -0.25) is 0 Å². The number of carboxylic acid groups (broad SMARTS) is 1. The SMILES string of the molecule is O=C(O)C(=CCC(O)CO)CC(O)CO. The maximum absolute atomic E-state index is 10.6. The van der Waals surface area contributed by atoms with E-state index in [0.717, 1.165) is 0 Å². The molecule has 0 saturated heterocycles. The average molecular weight is 220 g/mol. The lowest BCUT2D eigenvalue weighted by molar-refractivity contribution is -0.133. The fourth-order valence-electron chi connectivity index (χ4n) is 0.929. The Labute approximate surface area is 87.1 Å². The molecule has 0 heterocycles. The number of carbonyl (C=O) groups is 1. The number of carboxylic acids is 1. The molecule has 2 atom stereocenters. The Morgan fingerprint density at radius 2 is 1.67 bits per heavy atom. The molecule has 0 aromatic rings. The molecule has 5 N–H and O–H groups in total. The molecule has 6 heteroatoms. The van der Waals surface area contributed by atoms with Crippen molar-refractivity contribution in [2.24, 2.45) is 0 Å². The normalized spacial score (nSPS) is 16.1. The van der Waals surface area contributed by atoms with Crippen molar-refractivity contribution in [3.8, 4) is 0 Å². The molecule has 0 aliphatic carbocycles. The number of rotatable bonds is 7. The number of aliphatic hydroxyl groups excluding tert-OH is 4. The number of hydrogen-bond acceptors (Lipinski definition) is 5. The molecular weight excluding hydrogens is 204 g/mol. The van der Waals surface area contributed by atoms with Gasteiger partial charge in [0.25, 0.3) is 0 Å². The Kier molecular flexibility index (Phi) is 6.89. The van der Waals surface area contributed by atoms with Gasteiger partial charge in [-0.1, -0.05) is 6.08 Å². The summed E-state index contributed by atoms with van der Waals surface area (Å²) < 4.78 is 0. The van der Waals surface area contributed by atoms with E-state index in [9.17, 15) is 4.79 Å². The first-order valence-corrected chi connectivity index (χ1v) is 4.51. The Morgan fingerprint density at radius 3 is 2.07 bits per heavy atom. The lowest BCUT2D eigenvalue weighted by atomic mass is 10.1. The van der Waals surface area contributed by atoms with E-state index in [2.05, 4.69) is 0 Å². The fraction of sp³-hybridized carbons (Fsp3) is 0.667. The van der Waals surface area contributed by atoms with Crippen molar-refractivity contribution in [1.82, 2.24) is 0 Å². The highest BCUT2D eigenvalue weighted by Crippen LogP contribution is 2.08. The van der Waals surface area contributed by atoms with Crippen LogP contribution in [0.1, 0.15) is 12.8 Å². The molecule has 0 radical (unpaired) electrons. The van der Waals surface area contributed by atoms with Crippen molar-refractivity contribution in [2.75, 3.05) is 13.2 Å². The lowest BCUT2D eigenvalue weighted by Gasteiger charge is -2.08. The molecule has 0 aliphatic rings. The molecule has 0 spiro atoms. The zero-order chi connectivity index (χ0) is 11.8. The predicted molar refractivity (Wildman–Crippen MR) is 51.1 cm³/mol. The maximum atomic E-state index is 10.6. The lowest BCUT2D eigenvalue weighted by Crippen LogP contribution is -2.17. The van der Waals surface area contributed by atoms with Crippen LogP contribution < -0.4 is 0 Å². The van der Waals surface area contributed by atoms with Crippen LogP contribution in [0.2, 0.25) is 0 Å². The Hall–Kier alpha value is -0.950. The fourth-order valence-corrected chi connectivity index (χ4v) is 0.929. The number of hydrogen-bond donors (Lipinski definition) is 5. The van der Waals surface area contributed by atoms with Gasteiger partial charge in [-0.2, -0.15) is 0 Å². The summed E-state index contributed by atoms with van der Waals surface area (Å²) in [5.41, 5.74) is -0.0935. The standard InChI is InChI=1S/C9H16O6/c10-4-7(12)2-1-6(9(14)15)3-8(13)5-11/h1,7-8,10-13H,2-5H2,(H,14,15). The Balaban J connectivity index is 4.32. The largest absolute Gasteiger partial charge is 0.478 e. The molecule has 0 bridgehead atoms. The molecule has 15 heavy (non-hydrogen) atoms. The minimum absolute atomic E-state index is 0.00369. The van der Waals surface area contributed by atoms with Crippen LogP contribution in [0.4, 0.5) is 0 Å². The summed E-state index contributed by atoms with van der Waals surface area (Å²) in [5, 5.41) is 43.7. The molecule has 88 valence electrons. The summed E-state index contributed by atoms with van der Waals surface area (Å²) in [7, 11) is 0. The summed E-state index contributed by atoms with van der Waals surface area (Å²) in [6, 6.07) is 0. The van der Waals surface area contributed by atoms with Gasteiger partial charge in [0, 0.05) is 12.0 Å². The molecular formula is C9H16O6. The van der Waals surface area contributed by atoms with E-state index in [1.807, 2.05) is 0 Å². The number of aliphatic hydroxyl groups is 4. The minimum atomic E-state index is -1.22. The van der Waals surface area contributed by atoms with Gasteiger partial charge in [-0.05, 0) is 6.42 Å². The van der Waals surface area contributed by atoms with Crippen LogP contribution in [0.25, 0.3) is 0 Å². The van der Waals surface area contributed by atoms with E-state index < -0.39 is 31.4 Å². The van der Waals surface area contributed by atoms with E-state index in [0.29, 0.717) is 0 Å². The van der Waals surface area contributed by atoms with Crippen LogP contribution in [-0.2, 0) is 4.79 Å². The molecule has 0 aromatic carbocycles. The zero-order valence-corrected chi connectivity index (χ0v) is 8.20. The van der Waals surface area contributed by atoms with Crippen LogP contribution in [-0.4, -0.2) is 56.9 Å².